The summed E-state index contributed by atoms with van der Waals surface area (Å²) in [5.41, 5.74) is 1.67. The van der Waals surface area contributed by atoms with Crippen LogP contribution in [-0.4, -0.2) is 29.3 Å². The number of halogens is 2. The molecule has 1 atom stereocenters. The van der Waals surface area contributed by atoms with Gasteiger partial charge in [-0.1, -0.05) is 39.5 Å². The summed E-state index contributed by atoms with van der Waals surface area (Å²) < 4.78 is 6.34. The monoisotopic (exact) mass is 457 g/mol. The molecule has 1 heterocycles. The predicted octanol–water partition coefficient (Wildman–Crippen LogP) is 4.02. The zero-order valence-electron chi connectivity index (χ0n) is 12.3. The molecule has 0 aliphatic carbocycles. The minimum Gasteiger partial charge on any atom is -0.490 e. The molecule has 0 bridgehead atoms. The van der Waals surface area contributed by atoms with Crippen LogP contribution < -0.4 is 4.74 Å². The largest absolute Gasteiger partial charge is 0.490 e. The van der Waals surface area contributed by atoms with Crippen LogP contribution in [0.5, 0.6) is 5.75 Å². The van der Waals surface area contributed by atoms with Crippen LogP contribution in [0.15, 0.2) is 35.3 Å². The summed E-state index contributed by atoms with van der Waals surface area (Å²) >= 11 is 9.54. The summed E-state index contributed by atoms with van der Waals surface area (Å²) in [6.45, 7) is 6.55. The first-order valence-corrected chi connectivity index (χ1v) is 7.91. The molecule has 1 amide bonds. The molecule has 1 radical (unpaired) electrons. The summed E-state index contributed by atoms with van der Waals surface area (Å²) in [7, 11) is 0. The normalized spacial score (nSPS) is 17.6. The van der Waals surface area contributed by atoms with E-state index >= 15 is 0 Å². The Morgan fingerprint density at radius 1 is 1.59 bits per heavy atom. The molecule has 1 aliphatic rings. The summed E-state index contributed by atoms with van der Waals surface area (Å²) in [4.78, 5) is 13.8. The van der Waals surface area contributed by atoms with Gasteiger partial charge in [-0.2, -0.15) is 0 Å². The zero-order chi connectivity index (χ0) is 15.4. The maximum Gasteiger partial charge on any atom is 0.241 e. The van der Waals surface area contributed by atoms with Gasteiger partial charge in [0.05, 0.1) is 0 Å². The van der Waals surface area contributed by atoms with E-state index in [2.05, 4.69) is 28.6 Å². The van der Waals surface area contributed by atoms with Crippen LogP contribution in [0.4, 0.5) is 0 Å². The van der Waals surface area contributed by atoms with Gasteiger partial charge in [-0.15, -0.1) is 28.9 Å². The first-order valence-electron chi connectivity index (χ1n) is 6.68. The number of benzene rings is 1. The van der Waals surface area contributed by atoms with Gasteiger partial charge in [-0.3, -0.25) is 4.79 Å². The Bertz CT molecular complexity index is 592. The van der Waals surface area contributed by atoms with Gasteiger partial charge < -0.3 is 9.64 Å². The fourth-order valence-corrected chi connectivity index (χ4v) is 2.88. The molecule has 2 rings (SSSR count). The van der Waals surface area contributed by atoms with Crippen LogP contribution in [0.2, 0.25) is 0 Å². The maximum atomic E-state index is 12.1. The Morgan fingerprint density at radius 3 is 2.91 bits per heavy atom. The van der Waals surface area contributed by atoms with Crippen LogP contribution in [-0.2, 0) is 37.5 Å². The smallest absolute Gasteiger partial charge is 0.241 e. The Hall–Kier alpha value is -0.156. The van der Waals surface area contributed by atoms with Crippen LogP contribution in [0.25, 0.3) is 5.70 Å². The minimum atomic E-state index is -0.525. The van der Waals surface area contributed by atoms with Crippen molar-refractivity contribution in [3.8, 4) is 5.75 Å². The third kappa shape index (κ3) is 4.44. The first kappa shape index (κ1) is 19.9. The molecule has 115 valence electrons. The number of allylic oxidation sites excluding steroid dienone is 1. The van der Waals surface area contributed by atoms with Gasteiger partial charge in [0.1, 0.15) is 17.7 Å². The number of alkyl halides is 1. The van der Waals surface area contributed by atoms with Crippen molar-refractivity contribution in [1.82, 2.24) is 4.90 Å². The van der Waals surface area contributed by atoms with Crippen molar-refractivity contribution >= 4 is 39.1 Å². The van der Waals surface area contributed by atoms with Gasteiger partial charge in [0.15, 0.2) is 0 Å². The number of hydrogen-bond acceptors (Lipinski definition) is 2. The van der Waals surface area contributed by atoms with Gasteiger partial charge in [0, 0.05) is 39.3 Å². The third-order valence-corrected chi connectivity index (χ3v) is 4.13. The fourth-order valence-electron chi connectivity index (χ4n) is 2.14. The van der Waals surface area contributed by atoms with Gasteiger partial charge in [-0.05, 0) is 19.1 Å². The molecule has 1 unspecified atom stereocenters. The fraction of sp³-hybridized carbons (Fsp3) is 0.312. The number of ether oxygens (including phenoxy) is 1. The van der Waals surface area contributed by atoms with E-state index in [9.17, 15) is 4.79 Å². The number of nitrogens with zero attached hydrogens (tertiary/aromatic N) is 1. The number of rotatable bonds is 5. The van der Waals surface area contributed by atoms with E-state index in [1.54, 1.807) is 11.0 Å². The van der Waals surface area contributed by atoms with Gasteiger partial charge in [0.25, 0.3) is 0 Å². The van der Waals surface area contributed by atoms with Crippen molar-refractivity contribution in [2.75, 3.05) is 13.2 Å². The topological polar surface area (TPSA) is 29.5 Å². The number of amides is 1. The molecule has 3 nitrogen and oxygen atoms in total. The molecule has 1 aromatic carbocycles. The average molecular weight is 459 g/mol. The molecular formula is C16H16BrClNO2Y-. The minimum absolute atomic E-state index is 0. The molecule has 0 fully saturated rings. The van der Waals surface area contributed by atoms with Crippen LogP contribution in [0.3, 0.4) is 0 Å². The second-order valence-electron chi connectivity index (χ2n) is 4.52. The Kier molecular flexibility index (Phi) is 8.33. The number of carbonyl (C=O) groups is 1. The average Bonchev–Trinajstić information content (AvgIpc) is 2.48. The van der Waals surface area contributed by atoms with E-state index in [0.29, 0.717) is 19.6 Å². The van der Waals surface area contributed by atoms with Crippen LogP contribution in [0.1, 0.15) is 18.9 Å². The van der Waals surface area contributed by atoms with Crippen molar-refractivity contribution in [2.24, 2.45) is 0 Å². The van der Waals surface area contributed by atoms with E-state index in [0.717, 1.165) is 21.5 Å². The van der Waals surface area contributed by atoms with E-state index < -0.39 is 5.38 Å². The third-order valence-electron chi connectivity index (χ3n) is 3.13. The molecule has 1 aliphatic heterocycles. The molecule has 22 heavy (non-hydrogen) atoms. The quantitative estimate of drug-likeness (QED) is 0.379. The van der Waals surface area contributed by atoms with E-state index in [4.69, 9.17) is 16.3 Å². The predicted molar refractivity (Wildman–Crippen MR) is 88.1 cm³/mol. The molecule has 0 saturated carbocycles. The van der Waals surface area contributed by atoms with Crippen molar-refractivity contribution < 1.29 is 42.2 Å². The second-order valence-corrected chi connectivity index (χ2v) is 5.90. The van der Waals surface area contributed by atoms with Crippen molar-refractivity contribution in [1.29, 1.82) is 0 Å². The van der Waals surface area contributed by atoms with Crippen LogP contribution in [0, 0.1) is 6.08 Å². The molecule has 0 aromatic heterocycles. The molecule has 0 saturated heterocycles. The van der Waals surface area contributed by atoms with Crippen molar-refractivity contribution in [3.63, 3.8) is 0 Å². The van der Waals surface area contributed by atoms with Gasteiger partial charge in [0.2, 0.25) is 5.91 Å². The SMILES string of the molecule is C=CCOc1ccc(C2=[C-]CC(Cl)C(=O)N2CC)c(Br)c1.[Y]. The maximum absolute atomic E-state index is 12.1. The van der Waals surface area contributed by atoms with Gasteiger partial charge >= 0.3 is 0 Å². The van der Waals surface area contributed by atoms with E-state index in [1.165, 1.54) is 0 Å². The summed E-state index contributed by atoms with van der Waals surface area (Å²) in [6.07, 6.45) is 5.34. The molecule has 6 heteroatoms. The summed E-state index contributed by atoms with van der Waals surface area (Å²) in [5, 5.41) is -0.525. The molecular weight excluding hydrogens is 442 g/mol. The standard InChI is InChI=1S/C16H16BrClNO2.Y/c1-3-9-21-11-5-6-12(13(17)10-11)15-8-7-14(18)16(20)19(15)4-2;/h3,5-6,10,14H,1,4,7,9H2,2H3;/q-1;. The van der Waals surface area contributed by atoms with Crippen LogP contribution >= 0.6 is 27.5 Å². The van der Waals surface area contributed by atoms with Gasteiger partial charge in [-0.25, -0.2) is 6.08 Å². The van der Waals surface area contributed by atoms with Crippen molar-refractivity contribution in [3.05, 3.63) is 47.0 Å². The number of hydrogen-bond donors (Lipinski definition) is 0. The molecule has 1 aromatic rings. The molecule has 0 N–H and O–H groups in total. The van der Waals surface area contributed by atoms with E-state index in [1.807, 2.05) is 25.1 Å². The first-order chi connectivity index (χ1) is 10.1. The Morgan fingerprint density at radius 2 is 2.32 bits per heavy atom. The van der Waals surface area contributed by atoms with E-state index in [-0.39, 0.29) is 38.6 Å². The second kappa shape index (κ2) is 9.22. The Labute approximate surface area is 169 Å². The zero-order valence-corrected chi connectivity index (χ0v) is 17.5. The Balaban J connectivity index is 0.00000242. The van der Waals surface area contributed by atoms with Crippen molar-refractivity contribution in [2.45, 2.75) is 18.7 Å². The summed E-state index contributed by atoms with van der Waals surface area (Å²) in [5.74, 6) is 0.665. The number of carbonyl (C=O) groups excluding carboxylic acids is 1. The molecule has 0 spiro atoms. The summed E-state index contributed by atoms with van der Waals surface area (Å²) in [6, 6.07) is 5.65.